The van der Waals surface area contributed by atoms with E-state index in [0.717, 1.165) is 0 Å². The van der Waals surface area contributed by atoms with Crippen molar-refractivity contribution in [2.75, 3.05) is 24.8 Å². The molecule has 0 spiro atoms. The van der Waals surface area contributed by atoms with E-state index in [0.29, 0.717) is 23.7 Å². The van der Waals surface area contributed by atoms with Crippen LogP contribution in [0.5, 0.6) is 11.5 Å². The number of para-hydroxylation sites is 2. The second kappa shape index (κ2) is 12.9. The molecule has 0 saturated carbocycles. The quantitative estimate of drug-likeness (QED) is 0.175. The predicted molar refractivity (Wildman–Crippen MR) is 144 cm³/mol. The molecule has 3 rings (SSSR count). The first-order valence-electron chi connectivity index (χ1n) is 11.6. The third-order valence-electron chi connectivity index (χ3n) is 5.65. The number of carbonyl (C=O) groups excluding carboxylic acids is 1. The molecule has 2 atom stereocenters. The summed E-state index contributed by atoms with van der Waals surface area (Å²) in [4.78, 5) is 13.2. The summed E-state index contributed by atoms with van der Waals surface area (Å²) in [5.74, 6) is 1.38. The predicted octanol–water partition coefficient (Wildman–Crippen LogP) is 7.44. The van der Waals surface area contributed by atoms with Crippen LogP contribution in [0.2, 0.25) is 0 Å². The molecule has 0 N–H and O–H groups in total. The minimum Gasteiger partial charge on any atom is -0.464 e. The normalized spacial score (nSPS) is 13.9. The first-order valence-corrected chi connectivity index (χ1v) is 14.8. The van der Waals surface area contributed by atoms with Gasteiger partial charge in [-0.25, -0.2) is 4.57 Å². The Hall–Kier alpha value is -2.69. The number of hydrogen-bond acceptors (Lipinski definition) is 6. The van der Waals surface area contributed by atoms with Gasteiger partial charge in [0, 0.05) is 5.75 Å². The maximum absolute atomic E-state index is 13.6. The van der Waals surface area contributed by atoms with Crippen LogP contribution in [0.1, 0.15) is 31.7 Å². The Morgan fingerprint density at radius 3 is 1.86 bits per heavy atom. The van der Waals surface area contributed by atoms with Crippen LogP contribution in [0.25, 0.3) is 0 Å². The summed E-state index contributed by atoms with van der Waals surface area (Å²) in [6.07, 6.45) is 2.57. The van der Waals surface area contributed by atoms with Gasteiger partial charge in [-0.2, -0.15) is 11.8 Å². The van der Waals surface area contributed by atoms with Gasteiger partial charge in [0.05, 0.1) is 5.41 Å². The monoisotopic (exact) mass is 512 g/mol. The Kier molecular flexibility index (Phi) is 9.88. The van der Waals surface area contributed by atoms with Gasteiger partial charge in [-0.3, -0.25) is 4.79 Å². The maximum atomic E-state index is 13.6. The van der Waals surface area contributed by atoms with Crippen molar-refractivity contribution < 1.29 is 23.1 Å². The molecular formula is C28H33O5PS. The van der Waals surface area contributed by atoms with Gasteiger partial charge in [0.2, 0.25) is 0 Å². The summed E-state index contributed by atoms with van der Waals surface area (Å²) in [6, 6.07) is 27.9. The highest BCUT2D eigenvalue weighted by atomic mass is 32.2. The van der Waals surface area contributed by atoms with E-state index in [9.17, 15) is 9.36 Å². The molecule has 5 nitrogen and oxygen atoms in total. The molecule has 0 fully saturated rings. The maximum Gasteiger partial charge on any atom is 0.434 e. The fraction of sp³-hybridized carbons (Fsp3) is 0.321. The Morgan fingerprint density at radius 1 is 0.886 bits per heavy atom. The Balaban J connectivity index is 1.67. The minimum absolute atomic E-state index is 0.0634. The highest BCUT2D eigenvalue weighted by Gasteiger charge is 2.37. The van der Waals surface area contributed by atoms with E-state index in [1.54, 1.807) is 60.3 Å². The average molecular weight is 513 g/mol. The molecule has 0 aliphatic carbocycles. The highest BCUT2D eigenvalue weighted by molar-refractivity contribution is 7.98. The Labute approximate surface area is 212 Å². The van der Waals surface area contributed by atoms with Crippen molar-refractivity contribution in [2.45, 2.75) is 26.2 Å². The largest absolute Gasteiger partial charge is 0.464 e. The van der Waals surface area contributed by atoms with E-state index in [-0.39, 0.29) is 24.7 Å². The average Bonchev–Trinajstić information content (AvgIpc) is 2.85. The fourth-order valence-corrected chi connectivity index (χ4v) is 6.21. The molecule has 0 aromatic heterocycles. The number of ether oxygens (including phenoxy) is 1. The van der Waals surface area contributed by atoms with E-state index in [1.807, 2.05) is 43.5 Å². The molecule has 0 radical (unpaired) electrons. The third kappa shape index (κ3) is 8.19. The second-order valence-corrected chi connectivity index (χ2v) is 11.7. The molecule has 2 unspecified atom stereocenters. The Morgan fingerprint density at radius 2 is 1.37 bits per heavy atom. The summed E-state index contributed by atoms with van der Waals surface area (Å²) in [5.41, 5.74) is 0.504. The van der Waals surface area contributed by atoms with Gasteiger partial charge in [-0.15, -0.1) is 0 Å². The third-order valence-corrected chi connectivity index (χ3v) is 8.29. The molecule has 7 heteroatoms. The van der Waals surface area contributed by atoms with Crippen LogP contribution in [0.15, 0.2) is 91.0 Å². The van der Waals surface area contributed by atoms with Gasteiger partial charge in [0.1, 0.15) is 24.3 Å². The van der Waals surface area contributed by atoms with E-state index in [2.05, 4.69) is 19.1 Å². The van der Waals surface area contributed by atoms with Gasteiger partial charge >= 0.3 is 13.6 Å². The van der Waals surface area contributed by atoms with Crippen LogP contribution in [0.3, 0.4) is 0 Å². The van der Waals surface area contributed by atoms with Crippen LogP contribution in [-0.2, 0) is 14.1 Å². The topological polar surface area (TPSA) is 61.8 Å². The fourth-order valence-electron chi connectivity index (χ4n) is 3.91. The lowest BCUT2D eigenvalue weighted by atomic mass is 9.80. The number of hydrogen-bond donors (Lipinski definition) is 0. The molecular weight excluding hydrogens is 479 g/mol. The summed E-state index contributed by atoms with van der Waals surface area (Å²) >= 11 is 1.61. The zero-order valence-electron chi connectivity index (χ0n) is 20.5. The summed E-state index contributed by atoms with van der Waals surface area (Å²) in [6.45, 7) is 3.99. The lowest BCUT2D eigenvalue weighted by Gasteiger charge is -2.30. The summed E-state index contributed by atoms with van der Waals surface area (Å²) < 4.78 is 30.9. The Bertz CT molecular complexity index is 1050. The van der Waals surface area contributed by atoms with Crippen molar-refractivity contribution >= 4 is 25.3 Å². The second-order valence-electron chi connectivity index (χ2n) is 8.79. The van der Waals surface area contributed by atoms with Crippen molar-refractivity contribution in [1.82, 2.24) is 0 Å². The van der Waals surface area contributed by atoms with Crippen LogP contribution >= 0.6 is 19.4 Å². The molecule has 0 amide bonds. The van der Waals surface area contributed by atoms with Gasteiger partial charge in [-0.1, -0.05) is 73.7 Å². The summed E-state index contributed by atoms with van der Waals surface area (Å²) in [5, 5.41) is 0. The van der Waals surface area contributed by atoms with Crippen LogP contribution < -0.4 is 9.05 Å². The van der Waals surface area contributed by atoms with Gasteiger partial charge < -0.3 is 13.8 Å². The first kappa shape index (κ1) is 26.9. The summed E-state index contributed by atoms with van der Waals surface area (Å²) in [7, 11) is -3.64. The smallest absolute Gasteiger partial charge is 0.434 e. The van der Waals surface area contributed by atoms with E-state index < -0.39 is 13.0 Å². The lowest BCUT2D eigenvalue weighted by Crippen LogP contribution is -2.34. The van der Waals surface area contributed by atoms with E-state index in [1.165, 1.54) is 5.56 Å². The zero-order valence-corrected chi connectivity index (χ0v) is 22.2. The van der Waals surface area contributed by atoms with Crippen LogP contribution in [0, 0.1) is 5.41 Å². The number of carbonyl (C=O) groups is 1. The molecule has 3 aromatic carbocycles. The zero-order chi connectivity index (χ0) is 25.2. The standard InChI is InChI=1S/C28H33O5PS/c1-23(24-13-7-4-8-14-24)21-28(2,22-35-3)27(29)31-19-20-34(30,32-25-15-9-5-10-16-25)33-26-17-11-6-12-18-26/h4-18,23H,19-22H2,1-3H3. The number of esters is 1. The highest BCUT2D eigenvalue weighted by Crippen LogP contribution is 2.48. The van der Waals surface area contributed by atoms with Gasteiger partial charge in [0.15, 0.2) is 0 Å². The molecule has 0 aliphatic rings. The van der Waals surface area contributed by atoms with Gasteiger partial charge in [0.25, 0.3) is 0 Å². The molecule has 35 heavy (non-hydrogen) atoms. The number of thioether (sulfide) groups is 1. The van der Waals surface area contributed by atoms with Crippen molar-refractivity contribution in [3.63, 3.8) is 0 Å². The number of benzene rings is 3. The van der Waals surface area contributed by atoms with Crippen molar-refractivity contribution in [1.29, 1.82) is 0 Å². The lowest BCUT2D eigenvalue weighted by molar-refractivity contribution is -0.153. The van der Waals surface area contributed by atoms with Crippen LogP contribution in [-0.4, -0.2) is 30.7 Å². The first-order chi connectivity index (χ1) is 16.8. The number of rotatable bonds is 13. The molecule has 0 bridgehead atoms. The minimum atomic E-state index is -3.64. The van der Waals surface area contributed by atoms with E-state index >= 15 is 0 Å². The molecule has 3 aromatic rings. The molecule has 0 heterocycles. The molecule has 186 valence electrons. The molecule has 0 aliphatic heterocycles. The van der Waals surface area contributed by atoms with Crippen molar-refractivity contribution in [3.8, 4) is 11.5 Å². The van der Waals surface area contributed by atoms with Crippen molar-refractivity contribution in [2.24, 2.45) is 5.41 Å². The van der Waals surface area contributed by atoms with Gasteiger partial charge in [-0.05, 0) is 55.3 Å². The SMILES string of the molecule is CSCC(C)(CC(C)c1ccccc1)C(=O)OCCP(=O)(Oc1ccccc1)Oc1ccccc1. The van der Waals surface area contributed by atoms with Crippen molar-refractivity contribution in [3.05, 3.63) is 96.6 Å². The molecule has 0 saturated heterocycles. The van der Waals surface area contributed by atoms with Crippen LogP contribution in [0.4, 0.5) is 0 Å². The van der Waals surface area contributed by atoms with E-state index in [4.69, 9.17) is 13.8 Å².